The van der Waals surface area contributed by atoms with E-state index >= 15 is 0 Å². The van der Waals surface area contributed by atoms with Gasteiger partial charge in [-0.15, -0.1) is 6.58 Å². The van der Waals surface area contributed by atoms with Gasteiger partial charge in [-0.2, -0.15) is 0 Å². The molecule has 0 fully saturated rings. The minimum absolute atomic E-state index is 0.0555. The lowest BCUT2D eigenvalue weighted by atomic mass is 10.0. The first kappa shape index (κ1) is 12.8. The van der Waals surface area contributed by atoms with Crippen LogP contribution in [0.25, 0.3) is 0 Å². The summed E-state index contributed by atoms with van der Waals surface area (Å²) in [5.41, 5.74) is 7.14. The minimum Gasteiger partial charge on any atom is -0.324 e. The number of hydrogen-bond acceptors (Lipinski definition) is 1. The molecule has 0 aliphatic rings. The Morgan fingerprint density at radius 1 is 1.47 bits per heavy atom. The van der Waals surface area contributed by atoms with Crippen molar-refractivity contribution in [3.8, 4) is 0 Å². The summed E-state index contributed by atoms with van der Waals surface area (Å²) in [6.07, 6.45) is 4.95. The Hall–Kier alpha value is -0.310. The number of nitrogens with two attached hydrogens (primary N) is 1. The highest BCUT2D eigenvalue weighted by Gasteiger charge is 2.07. The molecule has 1 aromatic rings. The summed E-state index contributed by atoms with van der Waals surface area (Å²) in [5.74, 6) is 0. The highest BCUT2D eigenvalue weighted by molar-refractivity contribution is 9.10. The Morgan fingerprint density at radius 2 is 2.20 bits per heavy atom. The molecule has 0 aliphatic carbocycles. The maximum atomic E-state index is 6.06. The van der Waals surface area contributed by atoms with Crippen LogP contribution >= 0.6 is 27.5 Å². The maximum absolute atomic E-state index is 6.06. The molecule has 15 heavy (non-hydrogen) atoms. The fourth-order valence-corrected chi connectivity index (χ4v) is 2.32. The van der Waals surface area contributed by atoms with Crippen LogP contribution in [0.5, 0.6) is 0 Å². The van der Waals surface area contributed by atoms with Gasteiger partial charge >= 0.3 is 0 Å². The molecule has 1 rings (SSSR count). The molecule has 0 spiro atoms. The number of halogens is 2. The Labute approximate surface area is 104 Å². The van der Waals surface area contributed by atoms with Crippen LogP contribution in [-0.2, 0) is 0 Å². The first-order chi connectivity index (χ1) is 7.13. The zero-order chi connectivity index (χ0) is 11.3. The van der Waals surface area contributed by atoms with E-state index in [0.717, 1.165) is 34.3 Å². The van der Waals surface area contributed by atoms with Gasteiger partial charge in [0.15, 0.2) is 0 Å². The molecule has 82 valence electrons. The van der Waals surface area contributed by atoms with Gasteiger partial charge in [0.25, 0.3) is 0 Å². The van der Waals surface area contributed by atoms with Crippen LogP contribution in [0.3, 0.4) is 0 Å². The maximum Gasteiger partial charge on any atom is 0.0420 e. The Balaban J connectivity index is 2.64. The standard InChI is InChI=1S/C12H15BrClN/c1-2-3-4-5-12(15)9-6-10(13)8-11(14)7-9/h2,6-8,12H,1,3-5,15H2. The summed E-state index contributed by atoms with van der Waals surface area (Å²) in [6.45, 7) is 3.69. The normalized spacial score (nSPS) is 12.5. The third kappa shape index (κ3) is 4.37. The van der Waals surface area contributed by atoms with Crippen LogP contribution in [0.1, 0.15) is 30.9 Å². The van der Waals surface area contributed by atoms with Crippen molar-refractivity contribution in [3.05, 3.63) is 45.9 Å². The molecule has 1 atom stereocenters. The van der Waals surface area contributed by atoms with E-state index in [9.17, 15) is 0 Å². The number of allylic oxidation sites excluding steroid dienone is 1. The van der Waals surface area contributed by atoms with E-state index in [1.807, 2.05) is 24.3 Å². The van der Waals surface area contributed by atoms with Gasteiger partial charge in [0, 0.05) is 15.5 Å². The van der Waals surface area contributed by atoms with E-state index in [2.05, 4.69) is 22.5 Å². The van der Waals surface area contributed by atoms with Crippen molar-refractivity contribution in [2.75, 3.05) is 0 Å². The molecule has 0 aromatic heterocycles. The second kappa shape index (κ2) is 6.31. The lowest BCUT2D eigenvalue weighted by molar-refractivity contribution is 0.617. The average molecular weight is 289 g/mol. The van der Waals surface area contributed by atoms with Crippen molar-refractivity contribution >= 4 is 27.5 Å². The Morgan fingerprint density at radius 3 is 2.80 bits per heavy atom. The lowest BCUT2D eigenvalue weighted by Crippen LogP contribution is -2.09. The summed E-state index contributed by atoms with van der Waals surface area (Å²) in [4.78, 5) is 0. The van der Waals surface area contributed by atoms with Crippen LogP contribution in [0.4, 0.5) is 0 Å². The van der Waals surface area contributed by atoms with E-state index in [1.165, 1.54) is 0 Å². The second-order valence-corrected chi connectivity index (χ2v) is 4.88. The van der Waals surface area contributed by atoms with Crippen molar-refractivity contribution in [1.82, 2.24) is 0 Å². The molecular formula is C12H15BrClN. The van der Waals surface area contributed by atoms with Gasteiger partial charge in [-0.1, -0.05) is 33.6 Å². The van der Waals surface area contributed by atoms with Crippen molar-refractivity contribution in [1.29, 1.82) is 0 Å². The SMILES string of the molecule is C=CCCCC(N)c1cc(Cl)cc(Br)c1. The molecule has 0 saturated heterocycles. The molecule has 0 bridgehead atoms. The van der Waals surface area contributed by atoms with E-state index in [4.69, 9.17) is 17.3 Å². The molecule has 0 radical (unpaired) electrons. The first-order valence-electron chi connectivity index (χ1n) is 4.96. The molecule has 2 N–H and O–H groups in total. The quantitative estimate of drug-likeness (QED) is 0.628. The van der Waals surface area contributed by atoms with E-state index in [1.54, 1.807) is 0 Å². The summed E-state index contributed by atoms with van der Waals surface area (Å²) in [7, 11) is 0. The molecular weight excluding hydrogens is 273 g/mol. The molecule has 0 saturated carbocycles. The minimum atomic E-state index is 0.0555. The smallest absolute Gasteiger partial charge is 0.0420 e. The van der Waals surface area contributed by atoms with Crippen molar-refractivity contribution < 1.29 is 0 Å². The lowest BCUT2D eigenvalue weighted by Gasteiger charge is -2.12. The Bertz CT molecular complexity index is 318. The zero-order valence-electron chi connectivity index (χ0n) is 8.55. The van der Waals surface area contributed by atoms with E-state index in [-0.39, 0.29) is 6.04 Å². The van der Waals surface area contributed by atoms with Gasteiger partial charge in [0.2, 0.25) is 0 Å². The predicted molar refractivity (Wildman–Crippen MR) is 70.1 cm³/mol. The number of unbranched alkanes of at least 4 members (excludes halogenated alkanes) is 1. The molecule has 0 amide bonds. The van der Waals surface area contributed by atoms with Gasteiger partial charge in [-0.3, -0.25) is 0 Å². The van der Waals surface area contributed by atoms with Crippen molar-refractivity contribution in [2.24, 2.45) is 5.73 Å². The number of hydrogen-bond donors (Lipinski definition) is 1. The third-order valence-electron chi connectivity index (χ3n) is 2.24. The molecule has 3 heteroatoms. The van der Waals surface area contributed by atoms with Crippen LogP contribution < -0.4 is 5.73 Å². The van der Waals surface area contributed by atoms with Crippen LogP contribution in [0.2, 0.25) is 5.02 Å². The van der Waals surface area contributed by atoms with Crippen LogP contribution in [-0.4, -0.2) is 0 Å². The summed E-state index contributed by atoms with van der Waals surface area (Å²) in [5, 5.41) is 0.721. The fraction of sp³-hybridized carbons (Fsp3) is 0.333. The van der Waals surface area contributed by atoms with Crippen molar-refractivity contribution in [2.45, 2.75) is 25.3 Å². The molecule has 0 heterocycles. The topological polar surface area (TPSA) is 26.0 Å². The highest BCUT2D eigenvalue weighted by Crippen LogP contribution is 2.25. The van der Waals surface area contributed by atoms with Crippen molar-refractivity contribution in [3.63, 3.8) is 0 Å². The van der Waals surface area contributed by atoms with Gasteiger partial charge in [-0.05, 0) is 43.0 Å². The van der Waals surface area contributed by atoms with Crippen LogP contribution in [0.15, 0.2) is 35.3 Å². The first-order valence-corrected chi connectivity index (χ1v) is 6.13. The largest absolute Gasteiger partial charge is 0.324 e. The summed E-state index contributed by atoms with van der Waals surface area (Å²) >= 11 is 9.36. The summed E-state index contributed by atoms with van der Waals surface area (Å²) in [6, 6.07) is 5.86. The Kier molecular flexibility index (Phi) is 5.37. The average Bonchev–Trinajstić information content (AvgIpc) is 2.16. The molecule has 1 unspecified atom stereocenters. The predicted octanol–water partition coefficient (Wildman–Crippen LogP) is 4.46. The highest BCUT2D eigenvalue weighted by atomic mass is 79.9. The third-order valence-corrected chi connectivity index (χ3v) is 2.91. The van der Waals surface area contributed by atoms with Gasteiger partial charge in [0.1, 0.15) is 0 Å². The summed E-state index contributed by atoms with van der Waals surface area (Å²) < 4.78 is 0.976. The number of benzene rings is 1. The molecule has 1 nitrogen and oxygen atoms in total. The van der Waals surface area contributed by atoms with Gasteiger partial charge < -0.3 is 5.73 Å². The molecule has 0 aliphatic heterocycles. The molecule has 1 aromatic carbocycles. The van der Waals surface area contributed by atoms with Gasteiger partial charge in [-0.25, -0.2) is 0 Å². The zero-order valence-corrected chi connectivity index (χ0v) is 10.9. The van der Waals surface area contributed by atoms with E-state index in [0.29, 0.717) is 0 Å². The van der Waals surface area contributed by atoms with Gasteiger partial charge in [0.05, 0.1) is 0 Å². The monoisotopic (exact) mass is 287 g/mol. The second-order valence-electron chi connectivity index (χ2n) is 3.53. The fourth-order valence-electron chi connectivity index (χ4n) is 1.44. The van der Waals surface area contributed by atoms with E-state index < -0.39 is 0 Å². The van der Waals surface area contributed by atoms with Crippen LogP contribution in [0, 0.1) is 0 Å². The number of rotatable bonds is 5.